The van der Waals surface area contributed by atoms with Gasteiger partial charge in [-0.05, 0) is 72.9 Å². The molecule has 1 N–H and O–H groups in total. The van der Waals surface area contributed by atoms with Crippen molar-refractivity contribution in [2.45, 2.75) is 39.7 Å². The molecule has 0 saturated heterocycles. The smallest absolute Gasteiger partial charge is 0.331 e. The maximum atomic E-state index is 11.9. The lowest BCUT2D eigenvalue weighted by Gasteiger charge is -2.26. The predicted molar refractivity (Wildman–Crippen MR) is 152 cm³/mol. The number of benzene rings is 3. The minimum absolute atomic E-state index is 0.411. The van der Waals surface area contributed by atoms with Crippen molar-refractivity contribution in [2.75, 3.05) is 37.9 Å². The van der Waals surface area contributed by atoms with E-state index in [1.165, 1.54) is 0 Å². The molecule has 1 aliphatic rings. The molecule has 3 aromatic carbocycles. The van der Waals surface area contributed by atoms with E-state index in [4.69, 9.17) is 14.2 Å². The maximum absolute atomic E-state index is 11.9. The molecule has 200 valence electrons. The number of fused-ring (bicyclic) bond motifs is 1. The van der Waals surface area contributed by atoms with Crippen LogP contribution in [0.2, 0.25) is 0 Å². The normalized spacial score (nSPS) is 12.9. The Morgan fingerprint density at radius 2 is 1.71 bits per heavy atom. The first-order chi connectivity index (χ1) is 18.6. The highest BCUT2D eigenvalue weighted by molar-refractivity contribution is 5.94. The number of hydrogen-bond donors (Lipinski definition) is 1. The first-order valence-electron chi connectivity index (χ1n) is 13.4. The van der Waals surface area contributed by atoms with Crippen molar-refractivity contribution < 1.29 is 24.1 Å². The van der Waals surface area contributed by atoms with Gasteiger partial charge in [-0.25, -0.2) is 4.79 Å². The van der Waals surface area contributed by atoms with Crippen molar-refractivity contribution in [1.29, 1.82) is 0 Å². The predicted octanol–water partition coefficient (Wildman–Crippen LogP) is 6.83. The zero-order chi connectivity index (χ0) is 26.7. The zero-order valence-electron chi connectivity index (χ0n) is 22.3. The second-order valence-electron chi connectivity index (χ2n) is 9.30. The van der Waals surface area contributed by atoms with E-state index in [2.05, 4.69) is 36.1 Å². The quantitative estimate of drug-likeness (QED) is 0.252. The maximum Gasteiger partial charge on any atom is 0.331 e. The van der Waals surface area contributed by atoms with Crippen LogP contribution in [0.25, 0.3) is 17.2 Å². The van der Waals surface area contributed by atoms with Gasteiger partial charge >= 0.3 is 5.97 Å². The molecule has 0 saturated carbocycles. The Hall–Kier alpha value is -3.77. The molecule has 0 bridgehead atoms. The van der Waals surface area contributed by atoms with E-state index in [1.807, 2.05) is 55.5 Å². The van der Waals surface area contributed by atoms with Gasteiger partial charge in [-0.2, -0.15) is 0 Å². The van der Waals surface area contributed by atoms with E-state index in [9.17, 15) is 9.90 Å². The molecule has 6 heteroatoms. The van der Waals surface area contributed by atoms with Crippen molar-refractivity contribution in [2.24, 2.45) is 0 Å². The first-order valence-corrected chi connectivity index (χ1v) is 13.4. The Bertz CT molecular complexity index is 1230. The number of para-hydroxylation sites is 1. The molecule has 0 fully saturated rings. The summed E-state index contributed by atoms with van der Waals surface area (Å²) in [6.07, 6.45) is 4.46. The third-order valence-corrected chi connectivity index (χ3v) is 6.58. The van der Waals surface area contributed by atoms with Crippen LogP contribution in [0.3, 0.4) is 0 Å². The average Bonchev–Trinajstić information content (AvgIpc) is 3.11. The Labute approximate surface area is 225 Å². The lowest BCUT2D eigenvalue weighted by Crippen LogP contribution is -2.24. The third kappa shape index (κ3) is 7.17. The van der Waals surface area contributed by atoms with Gasteiger partial charge in [0, 0.05) is 36.5 Å². The van der Waals surface area contributed by atoms with Crippen LogP contribution in [0, 0.1) is 0 Å². The second kappa shape index (κ2) is 13.7. The van der Waals surface area contributed by atoms with E-state index in [0.717, 1.165) is 58.9 Å². The summed E-state index contributed by atoms with van der Waals surface area (Å²) in [4.78, 5) is 14.2. The number of rotatable bonds is 13. The Balaban J connectivity index is 1.53. The average molecular weight is 516 g/mol. The van der Waals surface area contributed by atoms with Gasteiger partial charge in [0.2, 0.25) is 0 Å². The number of ether oxygens (including phenoxy) is 3. The molecule has 0 atom stereocenters. The van der Waals surface area contributed by atoms with E-state index >= 15 is 0 Å². The van der Waals surface area contributed by atoms with Crippen molar-refractivity contribution in [3.63, 3.8) is 0 Å². The van der Waals surface area contributed by atoms with E-state index < -0.39 is 5.97 Å². The summed E-state index contributed by atoms with van der Waals surface area (Å²) >= 11 is 0. The van der Waals surface area contributed by atoms with Crippen molar-refractivity contribution in [1.82, 2.24) is 0 Å². The van der Waals surface area contributed by atoms with Gasteiger partial charge in [0.05, 0.1) is 13.2 Å². The van der Waals surface area contributed by atoms with Gasteiger partial charge in [0.15, 0.2) is 0 Å². The summed E-state index contributed by atoms with van der Waals surface area (Å²) in [5.74, 6) is 0.784. The van der Waals surface area contributed by atoms with Crippen LogP contribution < -0.4 is 14.4 Å². The van der Waals surface area contributed by atoms with Gasteiger partial charge in [0.25, 0.3) is 0 Å². The number of nitrogens with zero attached hydrogens (tertiary/aromatic N) is 1. The molecule has 6 nitrogen and oxygen atoms in total. The molecule has 38 heavy (non-hydrogen) atoms. The molecule has 0 amide bonds. The van der Waals surface area contributed by atoms with Crippen LogP contribution in [0.1, 0.15) is 44.2 Å². The van der Waals surface area contributed by atoms with Crippen LogP contribution in [0.15, 0.2) is 72.3 Å². The van der Waals surface area contributed by atoms with Gasteiger partial charge in [-0.3, -0.25) is 0 Å². The van der Waals surface area contributed by atoms with Crippen molar-refractivity contribution in [3.05, 3.63) is 83.4 Å². The highest BCUT2D eigenvalue weighted by atomic mass is 16.5. The summed E-state index contributed by atoms with van der Waals surface area (Å²) in [6, 6.07) is 22.3. The van der Waals surface area contributed by atoms with Crippen LogP contribution >= 0.6 is 0 Å². The molecule has 1 heterocycles. The topological polar surface area (TPSA) is 68.2 Å². The second-order valence-corrected chi connectivity index (χ2v) is 9.30. The molecule has 0 radical (unpaired) electrons. The van der Waals surface area contributed by atoms with E-state index in [0.29, 0.717) is 44.9 Å². The Morgan fingerprint density at radius 1 is 0.921 bits per heavy atom. The molecule has 0 aromatic heterocycles. The third-order valence-electron chi connectivity index (χ3n) is 6.58. The summed E-state index contributed by atoms with van der Waals surface area (Å²) in [7, 11) is 0. The highest BCUT2D eigenvalue weighted by Crippen LogP contribution is 2.34. The number of carbonyl (C=O) groups is 1. The number of hydrogen-bond acceptors (Lipinski definition) is 5. The van der Waals surface area contributed by atoms with Crippen LogP contribution in [-0.2, 0) is 16.1 Å². The summed E-state index contributed by atoms with van der Waals surface area (Å²) in [5, 5.41) is 9.80. The number of unbranched alkanes of at least 4 members (excludes halogenated alkanes) is 1. The van der Waals surface area contributed by atoms with Crippen molar-refractivity contribution in [3.8, 4) is 22.6 Å². The number of aliphatic carboxylic acids is 1. The van der Waals surface area contributed by atoms with Crippen LogP contribution in [0.4, 0.5) is 5.69 Å². The SMILES string of the molecule is CCCCOCCOc1ccc(-c2ccc3c(c2)C=C(C(=O)O)CCN3Cc2ccccc2OCC)cc1. The summed E-state index contributed by atoms with van der Waals surface area (Å²) in [5.41, 5.74) is 5.47. The van der Waals surface area contributed by atoms with Gasteiger partial charge in [-0.15, -0.1) is 0 Å². The van der Waals surface area contributed by atoms with Gasteiger partial charge < -0.3 is 24.2 Å². The lowest BCUT2D eigenvalue weighted by atomic mass is 10.00. The fourth-order valence-corrected chi connectivity index (χ4v) is 4.55. The zero-order valence-corrected chi connectivity index (χ0v) is 22.3. The molecule has 0 aliphatic carbocycles. The molecule has 3 aromatic rings. The number of carboxylic acid groups (broad SMARTS) is 1. The molecular formula is C32H37NO5. The molecular weight excluding hydrogens is 478 g/mol. The number of carboxylic acids is 1. The van der Waals surface area contributed by atoms with Crippen LogP contribution in [0.5, 0.6) is 11.5 Å². The van der Waals surface area contributed by atoms with E-state index in [1.54, 1.807) is 0 Å². The van der Waals surface area contributed by atoms with Crippen molar-refractivity contribution >= 4 is 17.7 Å². The standard InChI is InChI=1S/C32H37NO5/c1-3-5-18-36-19-20-38-29-13-10-24(11-14-29)25-12-15-30-28(21-25)22-26(32(34)35)16-17-33(30)23-27-8-6-7-9-31(27)37-4-2/h6-15,21-22H,3-5,16-20,23H2,1-2H3,(H,34,35). The minimum atomic E-state index is -0.877. The Kier molecular flexibility index (Phi) is 9.82. The van der Waals surface area contributed by atoms with Crippen LogP contribution in [-0.4, -0.2) is 44.0 Å². The molecule has 4 rings (SSSR count). The largest absolute Gasteiger partial charge is 0.494 e. The van der Waals surface area contributed by atoms with Gasteiger partial charge in [-0.1, -0.05) is 49.7 Å². The monoisotopic (exact) mass is 515 g/mol. The minimum Gasteiger partial charge on any atom is -0.494 e. The molecule has 0 spiro atoms. The fourth-order valence-electron chi connectivity index (χ4n) is 4.55. The molecule has 0 unspecified atom stereocenters. The van der Waals surface area contributed by atoms with E-state index in [-0.39, 0.29) is 0 Å². The lowest BCUT2D eigenvalue weighted by molar-refractivity contribution is -0.132. The fraction of sp³-hybridized carbons (Fsp3) is 0.344. The summed E-state index contributed by atoms with van der Waals surface area (Å²) in [6.45, 7) is 7.83. The first kappa shape index (κ1) is 27.3. The number of anilines is 1. The summed E-state index contributed by atoms with van der Waals surface area (Å²) < 4.78 is 17.2. The molecule has 1 aliphatic heterocycles. The Morgan fingerprint density at radius 3 is 2.47 bits per heavy atom. The van der Waals surface area contributed by atoms with Gasteiger partial charge in [0.1, 0.15) is 18.1 Å². The highest BCUT2D eigenvalue weighted by Gasteiger charge is 2.21.